The number of hydrogen-bond donors (Lipinski definition) is 1. The van der Waals surface area contributed by atoms with Gasteiger partial charge in [-0.15, -0.1) is 0 Å². The van der Waals surface area contributed by atoms with E-state index in [1.54, 1.807) is 54.6 Å². The second-order valence-corrected chi connectivity index (χ2v) is 5.39. The third-order valence-electron chi connectivity index (χ3n) is 3.40. The fraction of sp³-hybridized carbons (Fsp3) is 0.167. The number of anilines is 1. The number of amides is 1. The van der Waals surface area contributed by atoms with E-state index >= 15 is 0 Å². The van der Waals surface area contributed by atoms with Crippen molar-refractivity contribution in [2.75, 3.05) is 12.4 Å². The second kappa shape index (κ2) is 8.14. The van der Waals surface area contributed by atoms with E-state index in [0.29, 0.717) is 22.0 Å². The molecule has 0 saturated carbocycles. The van der Waals surface area contributed by atoms with Gasteiger partial charge in [0.2, 0.25) is 5.91 Å². The Morgan fingerprint density at radius 3 is 2.54 bits per heavy atom. The van der Waals surface area contributed by atoms with Crippen LogP contribution < -0.4 is 10.1 Å². The van der Waals surface area contributed by atoms with Crippen LogP contribution in [0.2, 0.25) is 5.02 Å². The van der Waals surface area contributed by atoms with Crippen molar-refractivity contribution < 1.29 is 14.3 Å². The number of para-hydroxylation sites is 2. The molecule has 2 aromatic rings. The minimum Gasteiger partial charge on any atom is -0.496 e. The van der Waals surface area contributed by atoms with Crippen LogP contribution in [-0.4, -0.2) is 18.8 Å². The first-order chi connectivity index (χ1) is 11.6. The molecule has 0 bridgehead atoms. The molecule has 1 amide bonds. The van der Waals surface area contributed by atoms with Crippen molar-refractivity contribution in [1.82, 2.24) is 0 Å². The van der Waals surface area contributed by atoms with Crippen molar-refractivity contribution in [1.29, 1.82) is 5.26 Å². The van der Waals surface area contributed by atoms with Crippen LogP contribution in [-0.2, 0) is 16.0 Å². The number of nitriles is 1. The van der Waals surface area contributed by atoms with Gasteiger partial charge in [0.1, 0.15) is 5.75 Å². The minimum absolute atomic E-state index is 0.0712. The fourth-order valence-electron chi connectivity index (χ4n) is 2.18. The smallest absolute Gasteiger partial charge is 0.249 e. The molecule has 24 heavy (non-hydrogen) atoms. The lowest BCUT2D eigenvalue weighted by Crippen LogP contribution is -2.29. The van der Waals surface area contributed by atoms with Crippen LogP contribution in [0, 0.1) is 17.2 Å². The SMILES string of the molecule is COc1ccccc1CC(=O)C(C#N)C(=O)Nc1ccccc1Cl. The lowest BCUT2D eigenvalue weighted by Gasteiger charge is -2.12. The number of hydrogen-bond acceptors (Lipinski definition) is 4. The molecule has 122 valence electrons. The number of nitrogens with zero attached hydrogens (tertiary/aromatic N) is 1. The number of benzene rings is 2. The molecule has 6 heteroatoms. The summed E-state index contributed by atoms with van der Waals surface area (Å²) in [6.45, 7) is 0. The van der Waals surface area contributed by atoms with E-state index in [2.05, 4.69) is 5.32 Å². The summed E-state index contributed by atoms with van der Waals surface area (Å²) in [5, 5.41) is 12.1. The van der Waals surface area contributed by atoms with Gasteiger partial charge in [-0.1, -0.05) is 41.9 Å². The van der Waals surface area contributed by atoms with Gasteiger partial charge in [0, 0.05) is 12.0 Å². The highest BCUT2D eigenvalue weighted by molar-refractivity contribution is 6.33. The number of halogens is 1. The van der Waals surface area contributed by atoms with Gasteiger partial charge < -0.3 is 10.1 Å². The summed E-state index contributed by atoms with van der Waals surface area (Å²) < 4.78 is 5.18. The van der Waals surface area contributed by atoms with E-state index in [-0.39, 0.29) is 6.42 Å². The molecule has 0 aromatic heterocycles. The van der Waals surface area contributed by atoms with Crippen LogP contribution in [0.3, 0.4) is 0 Å². The van der Waals surface area contributed by atoms with Gasteiger partial charge in [-0.05, 0) is 18.2 Å². The van der Waals surface area contributed by atoms with E-state index < -0.39 is 17.6 Å². The number of carbonyl (C=O) groups is 2. The number of methoxy groups -OCH3 is 1. The van der Waals surface area contributed by atoms with Crippen LogP contribution >= 0.6 is 11.6 Å². The Labute approximate surface area is 144 Å². The normalized spacial score (nSPS) is 11.2. The Hall–Kier alpha value is -2.84. The molecule has 5 nitrogen and oxygen atoms in total. The van der Waals surface area contributed by atoms with Gasteiger partial charge >= 0.3 is 0 Å². The number of rotatable bonds is 6. The number of ether oxygens (including phenoxy) is 1. The first kappa shape index (κ1) is 17.5. The molecule has 0 saturated heterocycles. The topological polar surface area (TPSA) is 79.2 Å². The molecule has 1 unspecified atom stereocenters. The lowest BCUT2D eigenvalue weighted by molar-refractivity contribution is -0.128. The molecule has 0 aliphatic rings. The standard InChI is InChI=1S/C18H15ClN2O3/c1-24-17-9-5-2-6-12(17)10-16(22)13(11-20)18(23)21-15-8-4-3-7-14(15)19/h2-9,13H,10H2,1H3,(H,21,23). The molecule has 0 aliphatic heterocycles. The molecular weight excluding hydrogens is 328 g/mol. The molecule has 1 N–H and O–H groups in total. The highest BCUT2D eigenvalue weighted by atomic mass is 35.5. The number of Topliss-reactive ketones (excluding diaryl/α,β-unsaturated/α-hetero) is 1. The second-order valence-electron chi connectivity index (χ2n) is 4.99. The molecule has 0 spiro atoms. The Morgan fingerprint density at radius 2 is 1.88 bits per heavy atom. The summed E-state index contributed by atoms with van der Waals surface area (Å²) in [7, 11) is 1.50. The van der Waals surface area contributed by atoms with Crippen molar-refractivity contribution in [3.63, 3.8) is 0 Å². The predicted octanol–water partition coefficient (Wildman–Crippen LogP) is 3.24. The van der Waals surface area contributed by atoms with E-state index in [0.717, 1.165) is 0 Å². The number of carbonyl (C=O) groups excluding carboxylic acids is 2. The summed E-state index contributed by atoms with van der Waals surface area (Å²) in [6.07, 6.45) is -0.0712. The third kappa shape index (κ3) is 4.12. The Morgan fingerprint density at radius 1 is 1.21 bits per heavy atom. The predicted molar refractivity (Wildman–Crippen MR) is 90.9 cm³/mol. The summed E-state index contributed by atoms with van der Waals surface area (Å²) in [6, 6.07) is 15.3. The number of nitrogens with one attached hydrogen (secondary N) is 1. The molecule has 0 fully saturated rings. The molecule has 0 aliphatic carbocycles. The molecule has 2 aromatic carbocycles. The maximum Gasteiger partial charge on any atom is 0.249 e. The first-order valence-corrected chi connectivity index (χ1v) is 7.54. The van der Waals surface area contributed by atoms with Gasteiger partial charge in [-0.3, -0.25) is 9.59 Å². The summed E-state index contributed by atoms with van der Waals surface area (Å²) in [4.78, 5) is 24.6. The zero-order valence-corrected chi connectivity index (χ0v) is 13.7. The summed E-state index contributed by atoms with van der Waals surface area (Å²) in [5.41, 5.74) is 0.977. The molecule has 2 rings (SSSR count). The largest absolute Gasteiger partial charge is 0.496 e. The maximum atomic E-state index is 12.4. The number of ketones is 1. The van der Waals surface area contributed by atoms with Crippen molar-refractivity contribution in [2.45, 2.75) is 6.42 Å². The van der Waals surface area contributed by atoms with E-state index in [1.807, 2.05) is 0 Å². The van der Waals surface area contributed by atoms with E-state index in [1.165, 1.54) is 7.11 Å². The molecule has 0 heterocycles. The average molecular weight is 343 g/mol. The van der Waals surface area contributed by atoms with Gasteiger partial charge in [0.25, 0.3) is 0 Å². The highest BCUT2D eigenvalue weighted by Crippen LogP contribution is 2.22. The first-order valence-electron chi connectivity index (χ1n) is 7.16. The lowest BCUT2D eigenvalue weighted by atomic mass is 9.97. The van der Waals surface area contributed by atoms with Crippen LogP contribution in [0.1, 0.15) is 5.56 Å². The van der Waals surface area contributed by atoms with Crippen LogP contribution in [0.25, 0.3) is 0 Å². The fourth-order valence-corrected chi connectivity index (χ4v) is 2.37. The zero-order valence-electron chi connectivity index (χ0n) is 13.0. The average Bonchev–Trinajstić information content (AvgIpc) is 2.58. The summed E-state index contributed by atoms with van der Waals surface area (Å²) >= 11 is 5.97. The van der Waals surface area contributed by atoms with E-state index in [4.69, 9.17) is 16.3 Å². The molecular formula is C18H15ClN2O3. The third-order valence-corrected chi connectivity index (χ3v) is 3.73. The van der Waals surface area contributed by atoms with Crippen LogP contribution in [0.15, 0.2) is 48.5 Å². The quantitative estimate of drug-likeness (QED) is 0.817. The van der Waals surface area contributed by atoms with Gasteiger partial charge in [-0.2, -0.15) is 5.26 Å². The van der Waals surface area contributed by atoms with Crippen LogP contribution in [0.4, 0.5) is 5.69 Å². The molecule has 1 atom stereocenters. The van der Waals surface area contributed by atoms with Crippen molar-refractivity contribution >= 4 is 29.0 Å². The van der Waals surface area contributed by atoms with E-state index in [9.17, 15) is 14.9 Å². The Kier molecular flexibility index (Phi) is 5.94. The monoisotopic (exact) mass is 342 g/mol. The van der Waals surface area contributed by atoms with Crippen molar-refractivity contribution in [3.8, 4) is 11.8 Å². The van der Waals surface area contributed by atoms with Crippen molar-refractivity contribution in [3.05, 3.63) is 59.1 Å². The Balaban J connectivity index is 2.13. The minimum atomic E-state index is -1.42. The maximum absolute atomic E-state index is 12.4. The zero-order chi connectivity index (χ0) is 17.5. The van der Waals surface area contributed by atoms with Gasteiger partial charge in [0.15, 0.2) is 11.7 Å². The Bertz CT molecular complexity index is 799. The highest BCUT2D eigenvalue weighted by Gasteiger charge is 2.27. The van der Waals surface area contributed by atoms with Crippen LogP contribution in [0.5, 0.6) is 5.75 Å². The van der Waals surface area contributed by atoms with Gasteiger partial charge in [-0.25, -0.2) is 0 Å². The van der Waals surface area contributed by atoms with Crippen molar-refractivity contribution in [2.24, 2.45) is 5.92 Å². The summed E-state index contributed by atoms with van der Waals surface area (Å²) in [5.74, 6) is -2.10. The molecule has 0 radical (unpaired) electrons. The van der Waals surface area contributed by atoms with Gasteiger partial charge in [0.05, 0.1) is 23.9 Å².